The number of amides is 1. The molecule has 1 heterocycles. The number of nitrogens with zero attached hydrogens (tertiary/aromatic N) is 1. The summed E-state index contributed by atoms with van der Waals surface area (Å²) in [6.45, 7) is 7.30. The Morgan fingerprint density at radius 2 is 2.25 bits per heavy atom. The minimum absolute atomic E-state index is 0.00829. The number of piperidine rings is 1. The van der Waals surface area contributed by atoms with Crippen LogP contribution < -0.4 is 11.1 Å². The summed E-state index contributed by atoms with van der Waals surface area (Å²) in [5.74, 6) is -0.310. The van der Waals surface area contributed by atoms with E-state index in [-0.39, 0.29) is 11.8 Å². The predicted molar refractivity (Wildman–Crippen MR) is 87.7 cm³/mol. The average Bonchev–Trinajstić information content (AvgIpc) is 2.42. The lowest BCUT2D eigenvalue weighted by molar-refractivity contribution is -0.123. The molecular weight excluding hydrogens is 270 g/mol. The average molecular weight is 299 g/mol. The van der Waals surface area contributed by atoms with E-state index in [0.29, 0.717) is 17.6 Å². The highest BCUT2D eigenvalue weighted by molar-refractivity contribution is 7.80. The molecule has 5 heteroatoms. The van der Waals surface area contributed by atoms with Crippen LogP contribution in [0.1, 0.15) is 52.4 Å². The number of carbonyl (C=O) groups is 1. The fourth-order valence-electron chi connectivity index (χ4n) is 2.80. The Bertz CT molecular complexity index is 322. The number of carbonyl (C=O) groups excluding carboxylic acids is 1. The maximum absolute atomic E-state index is 12.0. The maximum Gasteiger partial charge on any atom is 0.229 e. The number of nitrogens with two attached hydrogens (primary N) is 1. The highest BCUT2D eigenvalue weighted by atomic mass is 32.1. The Kier molecular flexibility index (Phi) is 8.07. The van der Waals surface area contributed by atoms with Crippen molar-refractivity contribution in [3.8, 4) is 0 Å². The van der Waals surface area contributed by atoms with Crippen LogP contribution in [-0.2, 0) is 4.79 Å². The van der Waals surface area contributed by atoms with Crippen LogP contribution in [0.25, 0.3) is 0 Å². The number of nitrogens with one attached hydrogen (secondary N) is 1. The van der Waals surface area contributed by atoms with Gasteiger partial charge in [-0.2, -0.15) is 0 Å². The number of hydrogen-bond acceptors (Lipinski definition) is 3. The molecule has 3 N–H and O–H groups in total. The van der Waals surface area contributed by atoms with Crippen LogP contribution in [0.2, 0.25) is 0 Å². The SMILES string of the molecule is CCCC(C(=O)NCCCN1CCCCC1C)C(N)=S. The first kappa shape index (κ1) is 17.4. The van der Waals surface area contributed by atoms with Gasteiger partial charge in [0.05, 0.1) is 10.9 Å². The van der Waals surface area contributed by atoms with Crippen LogP contribution >= 0.6 is 12.2 Å². The Morgan fingerprint density at radius 1 is 1.50 bits per heavy atom. The Labute approximate surface area is 128 Å². The molecule has 1 saturated heterocycles. The van der Waals surface area contributed by atoms with Gasteiger partial charge in [-0.3, -0.25) is 4.79 Å². The van der Waals surface area contributed by atoms with E-state index in [2.05, 4.69) is 17.1 Å². The van der Waals surface area contributed by atoms with Gasteiger partial charge in [0.2, 0.25) is 5.91 Å². The van der Waals surface area contributed by atoms with E-state index >= 15 is 0 Å². The molecule has 0 aliphatic carbocycles. The normalized spacial score (nSPS) is 21.4. The molecule has 1 fully saturated rings. The van der Waals surface area contributed by atoms with Gasteiger partial charge in [-0.1, -0.05) is 32.0 Å². The zero-order valence-electron chi connectivity index (χ0n) is 12.9. The van der Waals surface area contributed by atoms with Gasteiger partial charge in [0.25, 0.3) is 0 Å². The van der Waals surface area contributed by atoms with Crippen LogP contribution in [0.4, 0.5) is 0 Å². The largest absolute Gasteiger partial charge is 0.393 e. The lowest BCUT2D eigenvalue weighted by Crippen LogP contribution is -2.41. The molecule has 0 saturated carbocycles. The lowest BCUT2D eigenvalue weighted by atomic mass is 10.0. The Morgan fingerprint density at radius 3 is 2.85 bits per heavy atom. The summed E-state index contributed by atoms with van der Waals surface area (Å²) in [6.07, 6.45) is 6.60. The number of thiocarbonyl (C=S) groups is 1. The van der Waals surface area contributed by atoms with Gasteiger partial charge in [0, 0.05) is 19.1 Å². The second kappa shape index (κ2) is 9.29. The molecule has 1 amide bonds. The van der Waals surface area contributed by atoms with E-state index in [1.54, 1.807) is 0 Å². The van der Waals surface area contributed by atoms with Crippen LogP contribution in [-0.4, -0.2) is 41.5 Å². The molecule has 1 rings (SSSR count). The van der Waals surface area contributed by atoms with Crippen molar-refractivity contribution in [2.24, 2.45) is 11.7 Å². The van der Waals surface area contributed by atoms with Crippen LogP contribution in [0.15, 0.2) is 0 Å². The highest BCUT2D eigenvalue weighted by Gasteiger charge is 2.20. The van der Waals surface area contributed by atoms with E-state index in [4.69, 9.17) is 18.0 Å². The third-order valence-corrected chi connectivity index (χ3v) is 4.38. The Balaban J connectivity index is 2.22. The quantitative estimate of drug-likeness (QED) is 0.532. The molecule has 0 aromatic carbocycles. The zero-order chi connectivity index (χ0) is 15.0. The smallest absolute Gasteiger partial charge is 0.229 e. The summed E-state index contributed by atoms with van der Waals surface area (Å²) in [4.78, 5) is 14.8. The summed E-state index contributed by atoms with van der Waals surface area (Å²) >= 11 is 4.96. The minimum atomic E-state index is -0.302. The fraction of sp³-hybridized carbons (Fsp3) is 0.867. The number of likely N-dealkylation sites (tertiary alicyclic amines) is 1. The van der Waals surface area contributed by atoms with Gasteiger partial charge in [0.15, 0.2) is 0 Å². The molecular formula is C15H29N3OS. The summed E-state index contributed by atoms with van der Waals surface area (Å²) in [5.41, 5.74) is 5.63. The van der Waals surface area contributed by atoms with Crippen LogP contribution in [0.5, 0.6) is 0 Å². The molecule has 2 atom stereocenters. The van der Waals surface area contributed by atoms with Crippen LogP contribution in [0.3, 0.4) is 0 Å². The minimum Gasteiger partial charge on any atom is -0.393 e. The Hall–Kier alpha value is -0.680. The van der Waals surface area contributed by atoms with Crippen LogP contribution in [0, 0.1) is 5.92 Å². The van der Waals surface area contributed by atoms with Gasteiger partial charge in [-0.25, -0.2) is 0 Å². The third-order valence-electron chi connectivity index (χ3n) is 4.10. The van der Waals surface area contributed by atoms with Crippen molar-refractivity contribution >= 4 is 23.1 Å². The van der Waals surface area contributed by atoms with E-state index in [0.717, 1.165) is 25.8 Å². The molecule has 0 spiro atoms. The monoisotopic (exact) mass is 299 g/mol. The topological polar surface area (TPSA) is 58.4 Å². The summed E-state index contributed by atoms with van der Waals surface area (Å²) in [6, 6.07) is 0.684. The van der Waals surface area contributed by atoms with Crippen molar-refractivity contribution in [1.29, 1.82) is 0 Å². The standard InChI is InChI=1S/C15H29N3OS/c1-3-7-13(14(16)20)15(19)17-9-6-11-18-10-5-4-8-12(18)2/h12-13H,3-11H2,1-2H3,(H2,16,20)(H,17,19). The van der Waals surface area contributed by atoms with Gasteiger partial charge < -0.3 is 16.0 Å². The van der Waals surface area contributed by atoms with Crippen molar-refractivity contribution in [2.75, 3.05) is 19.6 Å². The van der Waals surface area contributed by atoms with E-state index in [1.165, 1.54) is 25.8 Å². The molecule has 2 unspecified atom stereocenters. The second-order valence-electron chi connectivity index (χ2n) is 5.77. The molecule has 0 bridgehead atoms. The first-order chi connectivity index (χ1) is 9.56. The number of hydrogen-bond donors (Lipinski definition) is 2. The fourth-order valence-corrected chi connectivity index (χ4v) is 3.02. The zero-order valence-corrected chi connectivity index (χ0v) is 13.7. The molecule has 4 nitrogen and oxygen atoms in total. The lowest BCUT2D eigenvalue weighted by Gasteiger charge is -2.33. The van der Waals surface area contributed by atoms with Gasteiger partial charge >= 0.3 is 0 Å². The van der Waals surface area contributed by atoms with Gasteiger partial charge in [-0.05, 0) is 39.2 Å². The third kappa shape index (κ3) is 5.75. The predicted octanol–water partition coefficient (Wildman–Crippen LogP) is 2.07. The molecule has 116 valence electrons. The summed E-state index contributed by atoms with van der Waals surface area (Å²) < 4.78 is 0. The summed E-state index contributed by atoms with van der Waals surface area (Å²) in [5, 5.41) is 2.97. The maximum atomic E-state index is 12.0. The van der Waals surface area contributed by atoms with Crippen molar-refractivity contribution in [3.05, 3.63) is 0 Å². The van der Waals surface area contributed by atoms with E-state index in [9.17, 15) is 4.79 Å². The van der Waals surface area contributed by atoms with Crippen molar-refractivity contribution in [1.82, 2.24) is 10.2 Å². The van der Waals surface area contributed by atoms with E-state index < -0.39 is 0 Å². The molecule has 0 radical (unpaired) electrons. The second-order valence-corrected chi connectivity index (χ2v) is 6.24. The first-order valence-corrected chi connectivity index (χ1v) is 8.28. The molecule has 0 aromatic rings. The number of rotatable bonds is 8. The van der Waals surface area contributed by atoms with Crippen molar-refractivity contribution < 1.29 is 4.79 Å². The van der Waals surface area contributed by atoms with E-state index in [1.807, 2.05) is 6.92 Å². The molecule has 1 aliphatic rings. The van der Waals surface area contributed by atoms with Gasteiger partial charge in [0.1, 0.15) is 0 Å². The highest BCUT2D eigenvalue weighted by Crippen LogP contribution is 2.16. The molecule has 1 aliphatic heterocycles. The first-order valence-electron chi connectivity index (χ1n) is 7.87. The molecule has 0 aromatic heterocycles. The summed E-state index contributed by atoms with van der Waals surface area (Å²) in [7, 11) is 0. The molecule has 20 heavy (non-hydrogen) atoms. The van der Waals surface area contributed by atoms with Crippen molar-refractivity contribution in [3.63, 3.8) is 0 Å². The van der Waals surface area contributed by atoms with Crippen molar-refractivity contribution in [2.45, 2.75) is 58.4 Å². The van der Waals surface area contributed by atoms with Gasteiger partial charge in [-0.15, -0.1) is 0 Å².